The molecule has 46 heavy (non-hydrogen) atoms. The molecule has 2 rings (SSSR count). The molecule has 264 valence electrons. The maximum Gasteiger partial charge on any atom is 0.460 e. The number of hydrogen-bond donors (Lipinski definition) is 0. The molecule has 0 aromatic heterocycles. The Bertz CT molecular complexity index is 1470. The van der Waals surface area contributed by atoms with Crippen molar-refractivity contribution in [2.24, 2.45) is 0 Å². The van der Waals surface area contributed by atoms with Gasteiger partial charge in [-0.1, -0.05) is 12.1 Å². The first-order chi connectivity index (χ1) is 20.1. The summed E-state index contributed by atoms with van der Waals surface area (Å²) in [4.78, 5) is 0. The maximum atomic E-state index is 13.0. The second kappa shape index (κ2) is 12.7. The molecule has 0 fully saturated rings. The number of benzene rings is 2. The summed E-state index contributed by atoms with van der Waals surface area (Å²) in [5.41, 5.74) is 5.59. The molecule has 0 aliphatic rings. The van der Waals surface area contributed by atoms with Gasteiger partial charge in [0.05, 0.1) is 0 Å². The Kier molecular flexibility index (Phi) is 11.6. The third kappa shape index (κ3) is 7.02. The van der Waals surface area contributed by atoms with Crippen LogP contribution >= 0.6 is 0 Å². The Balaban J connectivity index is 0.000000522. The quantitative estimate of drug-likeness (QED) is 0.190. The van der Waals surface area contributed by atoms with Crippen LogP contribution in [0.3, 0.4) is 0 Å². The summed E-state index contributed by atoms with van der Waals surface area (Å²) in [5.74, 6) is -52.1. The molecular formula is C24H18F17IO3S. The van der Waals surface area contributed by atoms with Gasteiger partial charge in [0.1, 0.15) is 0 Å². The molecule has 2 aromatic carbocycles. The summed E-state index contributed by atoms with van der Waals surface area (Å²) < 4.78 is 247. The first-order valence-corrected chi connectivity index (χ1v) is 15.1. The molecule has 0 saturated heterocycles. The van der Waals surface area contributed by atoms with E-state index in [-0.39, 0.29) is 21.2 Å². The average Bonchev–Trinajstić information content (AvgIpc) is 2.86. The predicted molar refractivity (Wildman–Crippen MR) is 120 cm³/mol. The molecule has 22 heteroatoms. The van der Waals surface area contributed by atoms with Gasteiger partial charge >= 0.3 is 68.2 Å². The molecule has 0 bridgehead atoms. The number of hydrogen-bond acceptors (Lipinski definition) is 3. The summed E-state index contributed by atoms with van der Waals surface area (Å²) in [6, 6.07) is 13.7. The van der Waals surface area contributed by atoms with E-state index in [9.17, 15) is 87.6 Å². The number of halogens is 18. The summed E-state index contributed by atoms with van der Waals surface area (Å²) in [7, 11) is -8.14. The van der Waals surface area contributed by atoms with Gasteiger partial charge in [-0.05, 0) is 74.2 Å². The lowest BCUT2D eigenvalue weighted by Gasteiger charge is -2.42. The van der Waals surface area contributed by atoms with E-state index in [0.29, 0.717) is 0 Å². The SMILES string of the molecule is Cc1ccc([I+]c2ccc(C)c(C)c2)cc1C.O=S(=O)([O-])C(F)(F)C(F)(F)C(F)(F)C(F)(F)C(F)(F)C(F)(F)C(F)(F)C(F)(F)F. The van der Waals surface area contributed by atoms with Crippen LogP contribution < -0.4 is 21.2 Å². The molecule has 3 nitrogen and oxygen atoms in total. The topological polar surface area (TPSA) is 57.2 Å². The van der Waals surface area contributed by atoms with E-state index >= 15 is 0 Å². The smallest absolute Gasteiger partial charge is 0.460 e. The van der Waals surface area contributed by atoms with E-state index in [4.69, 9.17) is 0 Å². The van der Waals surface area contributed by atoms with Gasteiger partial charge in [-0.25, -0.2) is 8.42 Å². The zero-order chi connectivity index (χ0) is 36.9. The van der Waals surface area contributed by atoms with E-state index in [1.165, 1.54) is 29.4 Å². The van der Waals surface area contributed by atoms with Crippen molar-refractivity contribution in [2.45, 2.75) is 74.7 Å². The molecule has 0 atom stereocenters. The fourth-order valence-electron chi connectivity index (χ4n) is 2.96. The van der Waals surface area contributed by atoms with Gasteiger partial charge in [0.2, 0.25) is 0 Å². The fourth-order valence-corrected chi connectivity index (χ4v) is 6.09. The fraction of sp³-hybridized carbons (Fsp3) is 0.500. The zero-order valence-corrected chi connectivity index (χ0v) is 25.9. The standard InChI is InChI=1S/C16H18I.C8HF17O3S/c1-11-5-7-15(9-13(11)3)17-16-8-6-12(2)14(4)10-16;9-1(10,3(13,14)5(17,18)7(21,22)23)2(11,12)4(15,16)6(19,20)8(24,25)29(26,27)28/h5-10H,1-4H3;(H,26,27,28)/q+1;/p-1. The second-order valence-corrected chi connectivity index (χ2v) is 13.9. The molecule has 0 aliphatic carbocycles. The lowest BCUT2D eigenvalue weighted by atomic mass is 9.91. The van der Waals surface area contributed by atoms with Gasteiger partial charge in [0, 0.05) is 0 Å². The van der Waals surface area contributed by atoms with Crippen molar-refractivity contribution >= 4 is 10.1 Å². The molecule has 0 radical (unpaired) electrons. The minimum absolute atomic E-state index is 0.0304. The molecular weight excluding hydrogens is 818 g/mol. The Hall–Kier alpha value is -2.11. The minimum atomic E-state index is -8.92. The van der Waals surface area contributed by atoms with Crippen LogP contribution in [-0.4, -0.2) is 59.9 Å². The van der Waals surface area contributed by atoms with Crippen LogP contribution in [0.2, 0.25) is 0 Å². The Morgan fingerprint density at radius 3 is 1.02 bits per heavy atom. The lowest BCUT2D eigenvalue weighted by molar-refractivity contribution is -0.597. The van der Waals surface area contributed by atoms with Crippen molar-refractivity contribution in [3.05, 3.63) is 65.8 Å². The summed E-state index contributed by atoms with van der Waals surface area (Å²) in [5, 5.41) is -7.95. The molecule has 0 unspecified atom stereocenters. The number of alkyl halides is 17. The Labute approximate surface area is 259 Å². The second-order valence-electron chi connectivity index (χ2n) is 9.47. The number of aryl methyl sites for hydroxylation is 4. The van der Waals surface area contributed by atoms with E-state index in [1.807, 2.05) is 0 Å². The first kappa shape index (κ1) is 41.9. The lowest BCUT2D eigenvalue weighted by Crippen LogP contribution is -3.61. The van der Waals surface area contributed by atoms with Gasteiger partial charge in [-0.3, -0.25) is 0 Å². The highest BCUT2D eigenvalue weighted by molar-refractivity contribution is 7.86. The van der Waals surface area contributed by atoms with Crippen molar-refractivity contribution in [2.75, 3.05) is 0 Å². The maximum absolute atomic E-state index is 13.0. The van der Waals surface area contributed by atoms with Gasteiger partial charge in [-0.15, -0.1) is 0 Å². The molecule has 0 amide bonds. The van der Waals surface area contributed by atoms with Crippen LogP contribution in [0.5, 0.6) is 0 Å². The van der Waals surface area contributed by atoms with Crippen LogP contribution in [0.25, 0.3) is 0 Å². The zero-order valence-electron chi connectivity index (χ0n) is 22.9. The third-order valence-electron chi connectivity index (χ3n) is 6.16. The highest BCUT2D eigenvalue weighted by atomic mass is 127. The molecule has 0 saturated carbocycles. The van der Waals surface area contributed by atoms with Gasteiger partial charge < -0.3 is 4.55 Å². The molecule has 2 aromatic rings. The predicted octanol–water partition coefficient (Wildman–Crippen LogP) is 5.55. The van der Waals surface area contributed by atoms with Gasteiger partial charge in [0.25, 0.3) is 0 Å². The largest absolute Gasteiger partial charge is 0.743 e. The van der Waals surface area contributed by atoms with Crippen molar-refractivity contribution in [3.8, 4) is 0 Å². The molecule has 0 spiro atoms. The van der Waals surface area contributed by atoms with Crippen LogP contribution in [0.4, 0.5) is 74.6 Å². The van der Waals surface area contributed by atoms with Crippen LogP contribution in [0, 0.1) is 34.8 Å². The highest BCUT2D eigenvalue weighted by Gasteiger charge is 2.95. The first-order valence-electron chi connectivity index (χ1n) is 11.5. The van der Waals surface area contributed by atoms with E-state index in [1.54, 1.807) is 0 Å². The molecule has 0 N–H and O–H groups in total. The summed E-state index contributed by atoms with van der Waals surface area (Å²) >= 11 is -0.0304. The van der Waals surface area contributed by atoms with E-state index < -0.39 is 57.1 Å². The molecule has 0 aliphatic heterocycles. The van der Waals surface area contributed by atoms with Crippen molar-refractivity contribution in [1.82, 2.24) is 0 Å². The van der Waals surface area contributed by atoms with Crippen molar-refractivity contribution in [1.29, 1.82) is 0 Å². The summed E-state index contributed by atoms with van der Waals surface area (Å²) in [6.07, 6.45) is -7.89. The van der Waals surface area contributed by atoms with Gasteiger partial charge in [-0.2, -0.15) is 74.6 Å². The Morgan fingerprint density at radius 2 is 0.761 bits per heavy atom. The van der Waals surface area contributed by atoms with Crippen LogP contribution in [0.1, 0.15) is 22.3 Å². The highest BCUT2D eigenvalue weighted by Crippen LogP contribution is 2.64. The van der Waals surface area contributed by atoms with Crippen molar-refractivity contribution < 1.29 is 109 Å². The normalized spacial score (nSPS) is 14.6. The average molecular weight is 836 g/mol. The molecule has 0 heterocycles. The number of rotatable bonds is 9. The van der Waals surface area contributed by atoms with Crippen molar-refractivity contribution in [3.63, 3.8) is 0 Å². The van der Waals surface area contributed by atoms with Crippen LogP contribution in [-0.2, 0) is 10.1 Å². The monoisotopic (exact) mass is 836 g/mol. The van der Waals surface area contributed by atoms with Crippen LogP contribution in [0.15, 0.2) is 36.4 Å². The van der Waals surface area contributed by atoms with Gasteiger partial charge in [0.15, 0.2) is 17.3 Å². The summed E-state index contributed by atoms with van der Waals surface area (Å²) in [6.45, 7) is 8.74. The van der Waals surface area contributed by atoms with E-state index in [2.05, 4.69) is 64.1 Å². The van der Waals surface area contributed by atoms with E-state index in [0.717, 1.165) is 0 Å². The Morgan fingerprint density at radius 1 is 0.478 bits per heavy atom. The third-order valence-corrected chi connectivity index (χ3v) is 9.64. The minimum Gasteiger partial charge on any atom is -0.743 e.